The Kier molecular flexibility index (Phi) is 9.67. The Balaban J connectivity index is 4.35. The molecule has 0 aliphatic heterocycles. The summed E-state index contributed by atoms with van der Waals surface area (Å²) in [5.41, 5.74) is -0.115. The zero-order valence-corrected chi connectivity index (χ0v) is 13.9. The standard InChI is InChI=1S/C16H34O3/c1-7-9-10-11-12-13-14-15(3,8-2)16(17-4,18-5)19-6/h7-14H2,1-6H3. The fraction of sp³-hybridized carbons (Fsp3) is 1.00. The number of hydrogen-bond acceptors (Lipinski definition) is 3. The van der Waals surface area contributed by atoms with Crippen LogP contribution in [0.4, 0.5) is 0 Å². The fourth-order valence-corrected chi connectivity index (χ4v) is 2.83. The lowest BCUT2D eigenvalue weighted by molar-refractivity contribution is -0.405. The van der Waals surface area contributed by atoms with Gasteiger partial charge >= 0.3 is 0 Å². The van der Waals surface area contributed by atoms with Crippen molar-refractivity contribution in [2.75, 3.05) is 21.3 Å². The van der Waals surface area contributed by atoms with E-state index < -0.39 is 5.97 Å². The maximum Gasteiger partial charge on any atom is 0.287 e. The molecule has 0 saturated heterocycles. The monoisotopic (exact) mass is 274 g/mol. The Labute approximate surface area is 120 Å². The van der Waals surface area contributed by atoms with Gasteiger partial charge in [0.05, 0.1) is 0 Å². The van der Waals surface area contributed by atoms with Gasteiger partial charge in [-0.25, -0.2) is 0 Å². The Hall–Kier alpha value is -0.120. The van der Waals surface area contributed by atoms with Gasteiger partial charge in [-0.3, -0.25) is 0 Å². The molecule has 19 heavy (non-hydrogen) atoms. The molecule has 0 rings (SSSR count). The van der Waals surface area contributed by atoms with E-state index in [0.717, 1.165) is 12.8 Å². The van der Waals surface area contributed by atoms with Crippen LogP contribution in [-0.4, -0.2) is 27.3 Å². The number of methoxy groups -OCH3 is 3. The highest BCUT2D eigenvalue weighted by atomic mass is 16.9. The molecule has 116 valence electrons. The lowest BCUT2D eigenvalue weighted by atomic mass is 9.79. The largest absolute Gasteiger partial charge is 0.330 e. The van der Waals surface area contributed by atoms with Gasteiger partial charge in [-0.05, 0) is 12.8 Å². The molecule has 0 fully saturated rings. The second-order valence-electron chi connectivity index (χ2n) is 5.60. The van der Waals surface area contributed by atoms with E-state index in [1.54, 1.807) is 21.3 Å². The highest BCUT2D eigenvalue weighted by Gasteiger charge is 2.48. The quantitative estimate of drug-likeness (QED) is 0.380. The number of ether oxygens (including phenoxy) is 3. The predicted octanol–water partition coefficient (Wildman–Crippen LogP) is 4.75. The Bertz CT molecular complexity index is 206. The van der Waals surface area contributed by atoms with E-state index in [1.807, 2.05) is 0 Å². The molecule has 1 unspecified atom stereocenters. The molecule has 3 nitrogen and oxygen atoms in total. The third kappa shape index (κ3) is 5.05. The van der Waals surface area contributed by atoms with Crippen molar-refractivity contribution < 1.29 is 14.2 Å². The molecule has 0 aliphatic carbocycles. The molecular formula is C16H34O3. The molecule has 0 aromatic carbocycles. The predicted molar refractivity (Wildman–Crippen MR) is 80.1 cm³/mol. The molecule has 0 amide bonds. The van der Waals surface area contributed by atoms with E-state index in [1.165, 1.54) is 38.5 Å². The van der Waals surface area contributed by atoms with Crippen molar-refractivity contribution in [1.29, 1.82) is 0 Å². The van der Waals surface area contributed by atoms with Crippen molar-refractivity contribution in [1.82, 2.24) is 0 Å². The number of unbranched alkanes of at least 4 members (excludes halogenated alkanes) is 5. The van der Waals surface area contributed by atoms with Crippen LogP contribution in [0.3, 0.4) is 0 Å². The van der Waals surface area contributed by atoms with Crippen LogP contribution in [0.25, 0.3) is 0 Å². The number of hydrogen-bond donors (Lipinski definition) is 0. The van der Waals surface area contributed by atoms with Gasteiger partial charge < -0.3 is 14.2 Å². The Morgan fingerprint density at radius 1 is 0.737 bits per heavy atom. The van der Waals surface area contributed by atoms with Gasteiger partial charge in [0.25, 0.3) is 5.97 Å². The zero-order valence-electron chi connectivity index (χ0n) is 13.9. The minimum atomic E-state index is -0.925. The minimum absolute atomic E-state index is 0.115. The smallest absolute Gasteiger partial charge is 0.287 e. The lowest BCUT2D eigenvalue weighted by Crippen LogP contribution is -2.51. The zero-order chi connectivity index (χ0) is 14.8. The van der Waals surface area contributed by atoms with Crippen molar-refractivity contribution in [3.8, 4) is 0 Å². The van der Waals surface area contributed by atoms with E-state index in [0.29, 0.717) is 0 Å². The third-order valence-corrected chi connectivity index (χ3v) is 4.41. The van der Waals surface area contributed by atoms with Crippen molar-refractivity contribution in [2.45, 2.75) is 78.1 Å². The van der Waals surface area contributed by atoms with Crippen LogP contribution in [-0.2, 0) is 14.2 Å². The van der Waals surface area contributed by atoms with Crippen LogP contribution < -0.4 is 0 Å². The molecule has 0 aromatic rings. The first kappa shape index (κ1) is 18.9. The van der Waals surface area contributed by atoms with Gasteiger partial charge in [-0.2, -0.15) is 0 Å². The summed E-state index contributed by atoms with van der Waals surface area (Å²) in [7, 11) is 4.96. The van der Waals surface area contributed by atoms with E-state index in [9.17, 15) is 0 Å². The van der Waals surface area contributed by atoms with Gasteiger partial charge in [0.1, 0.15) is 0 Å². The summed E-state index contributed by atoms with van der Waals surface area (Å²) in [6.07, 6.45) is 9.84. The van der Waals surface area contributed by atoms with Crippen LogP contribution in [0.2, 0.25) is 0 Å². The third-order valence-electron chi connectivity index (χ3n) is 4.41. The highest BCUT2D eigenvalue weighted by molar-refractivity contribution is 4.83. The van der Waals surface area contributed by atoms with E-state index in [2.05, 4.69) is 20.8 Å². The molecular weight excluding hydrogens is 240 g/mol. The first-order valence-corrected chi connectivity index (χ1v) is 7.71. The summed E-state index contributed by atoms with van der Waals surface area (Å²) in [6.45, 7) is 6.61. The van der Waals surface area contributed by atoms with Gasteiger partial charge in [-0.15, -0.1) is 0 Å². The van der Waals surface area contributed by atoms with E-state index in [-0.39, 0.29) is 5.41 Å². The van der Waals surface area contributed by atoms with Crippen molar-refractivity contribution in [3.63, 3.8) is 0 Å². The van der Waals surface area contributed by atoms with Crippen LogP contribution in [0.5, 0.6) is 0 Å². The fourth-order valence-electron chi connectivity index (χ4n) is 2.83. The summed E-state index contributed by atoms with van der Waals surface area (Å²) in [6, 6.07) is 0. The molecule has 0 spiro atoms. The van der Waals surface area contributed by atoms with Gasteiger partial charge in [0.15, 0.2) is 0 Å². The second kappa shape index (κ2) is 9.73. The summed E-state index contributed by atoms with van der Waals surface area (Å²) in [5.74, 6) is -0.925. The molecule has 0 aliphatic rings. The molecule has 0 heterocycles. The SMILES string of the molecule is CCCCCCCCC(C)(CC)C(OC)(OC)OC. The Morgan fingerprint density at radius 2 is 1.21 bits per heavy atom. The number of rotatable bonds is 12. The Morgan fingerprint density at radius 3 is 1.63 bits per heavy atom. The molecule has 1 atom stereocenters. The van der Waals surface area contributed by atoms with Crippen LogP contribution in [0, 0.1) is 5.41 Å². The topological polar surface area (TPSA) is 27.7 Å². The average molecular weight is 274 g/mol. The molecule has 0 radical (unpaired) electrons. The van der Waals surface area contributed by atoms with E-state index >= 15 is 0 Å². The lowest BCUT2D eigenvalue weighted by Gasteiger charge is -2.44. The van der Waals surface area contributed by atoms with Crippen LogP contribution in [0.1, 0.15) is 72.1 Å². The first-order chi connectivity index (χ1) is 9.05. The first-order valence-electron chi connectivity index (χ1n) is 7.71. The van der Waals surface area contributed by atoms with Gasteiger partial charge in [-0.1, -0.05) is 59.3 Å². The van der Waals surface area contributed by atoms with Crippen molar-refractivity contribution in [3.05, 3.63) is 0 Å². The maximum atomic E-state index is 5.54. The highest BCUT2D eigenvalue weighted by Crippen LogP contribution is 2.43. The molecule has 0 bridgehead atoms. The molecule has 3 heteroatoms. The molecule has 0 N–H and O–H groups in total. The summed E-state index contributed by atoms with van der Waals surface area (Å²) < 4.78 is 16.6. The van der Waals surface area contributed by atoms with Gasteiger partial charge in [0.2, 0.25) is 0 Å². The molecule has 0 saturated carbocycles. The normalized spacial score (nSPS) is 15.5. The summed E-state index contributed by atoms with van der Waals surface area (Å²) >= 11 is 0. The summed E-state index contributed by atoms with van der Waals surface area (Å²) in [4.78, 5) is 0. The van der Waals surface area contributed by atoms with Crippen LogP contribution in [0.15, 0.2) is 0 Å². The maximum absolute atomic E-state index is 5.54. The van der Waals surface area contributed by atoms with Crippen molar-refractivity contribution in [2.24, 2.45) is 5.41 Å². The van der Waals surface area contributed by atoms with Crippen LogP contribution >= 0.6 is 0 Å². The van der Waals surface area contributed by atoms with E-state index in [4.69, 9.17) is 14.2 Å². The van der Waals surface area contributed by atoms with Crippen molar-refractivity contribution >= 4 is 0 Å². The van der Waals surface area contributed by atoms with Gasteiger partial charge in [0, 0.05) is 26.7 Å². The minimum Gasteiger partial charge on any atom is -0.330 e. The second-order valence-corrected chi connectivity index (χ2v) is 5.60. The molecule has 0 aromatic heterocycles. The average Bonchev–Trinajstić information content (AvgIpc) is 2.45. The summed E-state index contributed by atoms with van der Waals surface area (Å²) in [5, 5.41) is 0.